The van der Waals surface area contributed by atoms with E-state index in [-0.39, 0.29) is 6.04 Å². The number of nitrogens with one attached hydrogen (secondary N) is 1. The van der Waals surface area contributed by atoms with Crippen LogP contribution in [0.4, 0.5) is 0 Å². The van der Waals surface area contributed by atoms with Crippen LogP contribution in [-0.2, 0) is 6.54 Å². The van der Waals surface area contributed by atoms with Crippen LogP contribution in [0.5, 0.6) is 0 Å². The maximum absolute atomic E-state index is 5.40. The van der Waals surface area contributed by atoms with E-state index in [0.717, 1.165) is 17.2 Å². The summed E-state index contributed by atoms with van der Waals surface area (Å²) < 4.78 is 9.24. The van der Waals surface area contributed by atoms with Gasteiger partial charge in [-0.2, -0.15) is 4.98 Å². The Hall–Kier alpha value is -1.34. The Kier molecular flexibility index (Phi) is 4.37. The Morgan fingerprint density at radius 2 is 2.25 bits per heavy atom. The fourth-order valence-corrected chi connectivity index (χ4v) is 3.00. The summed E-state index contributed by atoms with van der Waals surface area (Å²) in [5, 5.41) is 11.3. The van der Waals surface area contributed by atoms with Gasteiger partial charge in [0.25, 0.3) is 0 Å². The van der Waals surface area contributed by atoms with Crippen molar-refractivity contribution >= 4 is 11.5 Å². The molecule has 1 aliphatic rings. The second-order valence-electron chi connectivity index (χ2n) is 5.31. The lowest BCUT2D eigenvalue weighted by Gasteiger charge is -2.17. The molecule has 0 spiro atoms. The van der Waals surface area contributed by atoms with E-state index in [9.17, 15) is 0 Å². The van der Waals surface area contributed by atoms with Crippen LogP contribution in [0, 0.1) is 0 Å². The molecule has 2 heterocycles. The molecule has 2 aromatic heterocycles. The van der Waals surface area contributed by atoms with Gasteiger partial charge in [0.2, 0.25) is 5.89 Å². The van der Waals surface area contributed by atoms with Crippen LogP contribution in [0.25, 0.3) is 0 Å². The number of rotatable bonds is 5. The van der Waals surface area contributed by atoms with Crippen molar-refractivity contribution < 1.29 is 4.52 Å². The van der Waals surface area contributed by atoms with E-state index in [1.807, 2.05) is 6.92 Å². The van der Waals surface area contributed by atoms with Gasteiger partial charge < -0.3 is 9.84 Å². The molecule has 108 valence electrons. The summed E-state index contributed by atoms with van der Waals surface area (Å²) in [4.78, 5) is 5.67. The Balaban J connectivity index is 1.57. The molecule has 1 N–H and O–H groups in total. The van der Waals surface area contributed by atoms with Crippen LogP contribution in [0.1, 0.15) is 67.6 Å². The van der Waals surface area contributed by atoms with Crippen LogP contribution in [-0.4, -0.2) is 19.7 Å². The van der Waals surface area contributed by atoms with Crippen molar-refractivity contribution in [1.82, 2.24) is 25.0 Å². The summed E-state index contributed by atoms with van der Waals surface area (Å²) in [5.41, 5.74) is 0. The average Bonchev–Trinajstić information content (AvgIpc) is 3.17. The van der Waals surface area contributed by atoms with Gasteiger partial charge in [0, 0.05) is 12.5 Å². The van der Waals surface area contributed by atoms with Crippen LogP contribution in [0.3, 0.4) is 0 Å². The van der Waals surface area contributed by atoms with Crippen LogP contribution >= 0.6 is 11.5 Å². The van der Waals surface area contributed by atoms with Crippen molar-refractivity contribution in [3.05, 3.63) is 22.8 Å². The monoisotopic (exact) mass is 293 g/mol. The van der Waals surface area contributed by atoms with Crippen molar-refractivity contribution in [2.75, 3.05) is 0 Å². The molecule has 1 aliphatic carbocycles. The second kappa shape index (κ2) is 6.41. The van der Waals surface area contributed by atoms with Crippen molar-refractivity contribution in [3.63, 3.8) is 0 Å². The zero-order valence-electron chi connectivity index (χ0n) is 11.6. The minimum Gasteiger partial charge on any atom is -0.338 e. The first-order valence-corrected chi connectivity index (χ1v) is 7.93. The van der Waals surface area contributed by atoms with Gasteiger partial charge in [0.1, 0.15) is 0 Å². The minimum absolute atomic E-state index is 0.0435. The molecule has 1 unspecified atom stereocenters. The predicted molar refractivity (Wildman–Crippen MR) is 75.3 cm³/mol. The smallest absolute Gasteiger partial charge is 0.243 e. The maximum Gasteiger partial charge on any atom is 0.243 e. The minimum atomic E-state index is 0.0435. The first-order chi connectivity index (χ1) is 9.83. The Morgan fingerprint density at radius 1 is 1.40 bits per heavy atom. The highest BCUT2D eigenvalue weighted by molar-refractivity contribution is 7.05. The molecule has 7 heteroatoms. The predicted octanol–water partition coefficient (Wildman–Crippen LogP) is 2.82. The largest absolute Gasteiger partial charge is 0.338 e. The van der Waals surface area contributed by atoms with E-state index in [4.69, 9.17) is 4.52 Å². The van der Waals surface area contributed by atoms with Gasteiger partial charge in [0.05, 0.1) is 17.1 Å². The highest BCUT2D eigenvalue weighted by Gasteiger charge is 2.22. The Bertz CT molecular complexity index is 521. The molecular weight excluding hydrogens is 274 g/mol. The summed E-state index contributed by atoms with van der Waals surface area (Å²) >= 11 is 1.40. The van der Waals surface area contributed by atoms with E-state index < -0.39 is 0 Å². The van der Waals surface area contributed by atoms with Crippen molar-refractivity contribution in [2.24, 2.45) is 0 Å². The van der Waals surface area contributed by atoms with Gasteiger partial charge in [-0.3, -0.25) is 0 Å². The zero-order chi connectivity index (χ0) is 13.8. The van der Waals surface area contributed by atoms with Crippen LogP contribution < -0.4 is 5.32 Å². The summed E-state index contributed by atoms with van der Waals surface area (Å²) in [6, 6.07) is 0.0435. The lowest BCUT2D eigenvalue weighted by atomic mass is 9.89. The molecular formula is C13H19N5OS. The molecule has 20 heavy (non-hydrogen) atoms. The van der Waals surface area contributed by atoms with Gasteiger partial charge in [-0.1, -0.05) is 28.9 Å². The topological polar surface area (TPSA) is 76.7 Å². The van der Waals surface area contributed by atoms with E-state index in [1.54, 1.807) is 6.20 Å². The SMILES string of the molecule is CC(NCc1cnns1)c1nc(C2CCCCC2)no1. The highest BCUT2D eigenvalue weighted by Crippen LogP contribution is 2.31. The van der Waals surface area contributed by atoms with E-state index in [1.165, 1.54) is 43.6 Å². The summed E-state index contributed by atoms with van der Waals surface area (Å²) in [6.07, 6.45) is 8.04. The molecule has 6 nitrogen and oxygen atoms in total. The first kappa shape index (κ1) is 13.6. The van der Waals surface area contributed by atoms with Gasteiger partial charge in [0.15, 0.2) is 5.82 Å². The molecule has 2 aromatic rings. The molecule has 0 amide bonds. The zero-order valence-corrected chi connectivity index (χ0v) is 12.4. The van der Waals surface area contributed by atoms with E-state index in [0.29, 0.717) is 11.8 Å². The summed E-state index contributed by atoms with van der Waals surface area (Å²) in [7, 11) is 0. The lowest BCUT2D eigenvalue weighted by Crippen LogP contribution is -2.18. The van der Waals surface area contributed by atoms with Crippen LogP contribution in [0.2, 0.25) is 0 Å². The number of hydrogen-bond donors (Lipinski definition) is 1. The molecule has 1 atom stereocenters. The summed E-state index contributed by atoms with van der Waals surface area (Å²) in [6.45, 7) is 2.76. The highest BCUT2D eigenvalue weighted by atomic mass is 32.1. The molecule has 0 aliphatic heterocycles. The van der Waals surface area contributed by atoms with E-state index >= 15 is 0 Å². The third-order valence-corrected chi connectivity index (χ3v) is 4.45. The first-order valence-electron chi connectivity index (χ1n) is 7.16. The van der Waals surface area contributed by atoms with Crippen LogP contribution in [0.15, 0.2) is 10.7 Å². The van der Waals surface area contributed by atoms with Gasteiger partial charge in [-0.25, -0.2) is 0 Å². The van der Waals surface area contributed by atoms with E-state index in [2.05, 4.69) is 25.0 Å². The molecule has 3 rings (SSSR count). The average molecular weight is 293 g/mol. The number of hydrogen-bond acceptors (Lipinski definition) is 7. The van der Waals surface area contributed by atoms with Crippen molar-refractivity contribution in [3.8, 4) is 0 Å². The molecule has 1 fully saturated rings. The number of nitrogens with zero attached hydrogens (tertiary/aromatic N) is 4. The lowest BCUT2D eigenvalue weighted by molar-refractivity contribution is 0.329. The normalized spacial score (nSPS) is 18.2. The molecule has 1 saturated carbocycles. The van der Waals surface area contributed by atoms with Gasteiger partial charge >= 0.3 is 0 Å². The van der Waals surface area contributed by atoms with Crippen molar-refractivity contribution in [2.45, 2.75) is 57.5 Å². The second-order valence-corrected chi connectivity index (χ2v) is 6.18. The molecule has 0 saturated heterocycles. The van der Waals surface area contributed by atoms with Gasteiger partial charge in [-0.15, -0.1) is 5.10 Å². The maximum atomic E-state index is 5.40. The molecule has 0 aromatic carbocycles. The Labute approximate surface area is 122 Å². The summed E-state index contributed by atoms with van der Waals surface area (Å²) in [5.74, 6) is 2.04. The van der Waals surface area contributed by atoms with Gasteiger partial charge in [-0.05, 0) is 31.3 Å². The van der Waals surface area contributed by atoms with Crippen molar-refractivity contribution in [1.29, 1.82) is 0 Å². The fraction of sp³-hybridized carbons (Fsp3) is 0.692. The standard InChI is InChI=1S/C13H19N5OS/c1-9(14-7-11-8-15-18-20-11)13-16-12(17-19-13)10-5-3-2-4-6-10/h8-10,14H,2-7H2,1H3. The molecule has 0 bridgehead atoms. The third kappa shape index (κ3) is 3.21. The quantitative estimate of drug-likeness (QED) is 0.913. The number of aromatic nitrogens is 4. The fourth-order valence-electron chi connectivity index (χ4n) is 2.56. The molecule has 0 radical (unpaired) electrons. The Morgan fingerprint density at radius 3 is 3.00 bits per heavy atom. The third-order valence-electron chi connectivity index (χ3n) is 3.79.